The van der Waals surface area contributed by atoms with Crippen LogP contribution in [0.25, 0.3) is 0 Å². The molecule has 2 atom stereocenters. The molecule has 1 saturated carbocycles. The first-order chi connectivity index (χ1) is 6.77. The Balaban J connectivity index is 2.00. The average Bonchev–Trinajstić information content (AvgIpc) is 2.70. The van der Waals surface area contributed by atoms with Crippen LogP contribution in [0.15, 0.2) is 11.3 Å². The molecule has 1 saturated heterocycles. The third-order valence-corrected chi connectivity index (χ3v) is 4.00. The van der Waals surface area contributed by atoms with Gasteiger partial charge in [-0.25, -0.2) is 4.79 Å². The first-order valence-electron chi connectivity index (χ1n) is 5.51. The molecule has 1 aliphatic heterocycles. The Kier molecular flexibility index (Phi) is 1.64. The molecule has 0 aromatic rings. The minimum atomic E-state index is -0.748. The molecule has 0 spiro atoms. The summed E-state index contributed by atoms with van der Waals surface area (Å²) in [4.78, 5) is 12.6. The number of carbonyl (C=O) groups is 1. The van der Waals surface area contributed by atoms with Crippen LogP contribution in [-0.4, -0.2) is 22.6 Å². The maximum atomic E-state index is 11.0. The molecule has 14 heavy (non-hydrogen) atoms. The lowest BCUT2D eigenvalue weighted by Gasteiger charge is -2.15. The van der Waals surface area contributed by atoms with Crippen LogP contribution in [0, 0.1) is 11.8 Å². The zero-order valence-electron chi connectivity index (χ0n) is 8.20. The summed E-state index contributed by atoms with van der Waals surface area (Å²) in [5, 5.41) is 9.07. The number of amides is 1. The summed E-state index contributed by atoms with van der Waals surface area (Å²) in [6.07, 6.45) is 5.26. The van der Waals surface area contributed by atoms with E-state index in [9.17, 15) is 4.79 Å². The summed E-state index contributed by atoms with van der Waals surface area (Å²) < 4.78 is 0. The van der Waals surface area contributed by atoms with Crippen LogP contribution in [0.4, 0.5) is 4.79 Å². The molecule has 76 valence electrons. The highest BCUT2D eigenvalue weighted by atomic mass is 16.4. The fraction of sp³-hybridized carbons (Fsp3) is 0.727. The van der Waals surface area contributed by atoms with Gasteiger partial charge in [-0.1, -0.05) is 0 Å². The summed E-state index contributed by atoms with van der Waals surface area (Å²) in [5.74, 6) is 1.31. The zero-order valence-corrected chi connectivity index (χ0v) is 8.20. The molecule has 1 amide bonds. The number of rotatable bonds is 0. The van der Waals surface area contributed by atoms with E-state index in [1.165, 1.54) is 30.5 Å². The maximum absolute atomic E-state index is 11.0. The minimum absolute atomic E-state index is 0.575. The molecule has 2 unspecified atom stereocenters. The fourth-order valence-corrected chi connectivity index (χ4v) is 3.48. The second-order valence-corrected chi connectivity index (χ2v) is 4.66. The molecular formula is C11H15NO2. The molecule has 2 aliphatic carbocycles. The van der Waals surface area contributed by atoms with Crippen molar-refractivity contribution in [2.24, 2.45) is 11.8 Å². The van der Waals surface area contributed by atoms with E-state index in [0.717, 1.165) is 25.3 Å². The van der Waals surface area contributed by atoms with Gasteiger partial charge in [-0.2, -0.15) is 0 Å². The highest BCUT2D eigenvalue weighted by Gasteiger charge is 2.43. The smallest absolute Gasteiger partial charge is 0.411 e. The Morgan fingerprint density at radius 3 is 3.00 bits per heavy atom. The van der Waals surface area contributed by atoms with Gasteiger partial charge < -0.3 is 5.11 Å². The highest BCUT2D eigenvalue weighted by Crippen LogP contribution is 2.51. The van der Waals surface area contributed by atoms with Gasteiger partial charge in [0.05, 0.1) is 0 Å². The van der Waals surface area contributed by atoms with Crippen molar-refractivity contribution in [3.63, 3.8) is 0 Å². The Morgan fingerprint density at radius 2 is 2.21 bits per heavy atom. The molecule has 0 radical (unpaired) electrons. The summed E-state index contributed by atoms with van der Waals surface area (Å²) in [5.41, 5.74) is 2.68. The van der Waals surface area contributed by atoms with Crippen LogP contribution in [0.5, 0.6) is 0 Å². The van der Waals surface area contributed by atoms with Gasteiger partial charge in [-0.15, -0.1) is 0 Å². The average molecular weight is 193 g/mol. The van der Waals surface area contributed by atoms with E-state index >= 15 is 0 Å². The largest absolute Gasteiger partial charge is 0.465 e. The topological polar surface area (TPSA) is 40.5 Å². The minimum Gasteiger partial charge on any atom is -0.465 e. The molecule has 1 heterocycles. The van der Waals surface area contributed by atoms with E-state index in [1.54, 1.807) is 4.90 Å². The number of hydrogen-bond donors (Lipinski definition) is 1. The molecule has 3 rings (SSSR count). The highest BCUT2D eigenvalue weighted by molar-refractivity contribution is 5.69. The van der Waals surface area contributed by atoms with Crippen molar-refractivity contribution in [1.29, 1.82) is 0 Å². The summed E-state index contributed by atoms with van der Waals surface area (Å²) in [6, 6.07) is 0. The number of carboxylic acid groups (broad SMARTS) is 1. The third kappa shape index (κ3) is 0.954. The van der Waals surface area contributed by atoms with Crippen molar-refractivity contribution >= 4 is 6.09 Å². The Morgan fingerprint density at radius 1 is 1.36 bits per heavy atom. The van der Waals surface area contributed by atoms with Crippen LogP contribution in [0.3, 0.4) is 0 Å². The normalized spacial score (nSPS) is 35.0. The van der Waals surface area contributed by atoms with Crippen molar-refractivity contribution in [3.05, 3.63) is 11.3 Å². The second-order valence-electron chi connectivity index (χ2n) is 4.66. The Hall–Kier alpha value is -0.990. The van der Waals surface area contributed by atoms with Crippen molar-refractivity contribution in [2.45, 2.75) is 32.1 Å². The summed E-state index contributed by atoms with van der Waals surface area (Å²) in [7, 11) is 0. The molecule has 0 aromatic carbocycles. The molecule has 0 aromatic heterocycles. The molecule has 3 nitrogen and oxygen atoms in total. The van der Waals surface area contributed by atoms with Crippen LogP contribution in [0.1, 0.15) is 32.1 Å². The van der Waals surface area contributed by atoms with E-state index in [1.807, 2.05) is 0 Å². The van der Waals surface area contributed by atoms with E-state index in [0.29, 0.717) is 5.92 Å². The molecule has 3 heteroatoms. The maximum Gasteiger partial charge on any atom is 0.411 e. The summed E-state index contributed by atoms with van der Waals surface area (Å²) >= 11 is 0. The first kappa shape index (κ1) is 8.33. The number of nitrogens with zero attached hydrogens (tertiary/aromatic N) is 1. The van der Waals surface area contributed by atoms with Crippen LogP contribution < -0.4 is 0 Å². The van der Waals surface area contributed by atoms with E-state index in [4.69, 9.17) is 5.11 Å². The quantitative estimate of drug-likeness (QED) is 0.642. The predicted octanol–water partition coefficient (Wildman–Crippen LogP) is 2.44. The van der Waals surface area contributed by atoms with E-state index < -0.39 is 6.09 Å². The molecular weight excluding hydrogens is 178 g/mol. The first-order valence-corrected chi connectivity index (χ1v) is 5.51. The standard InChI is InChI=1S/C11H15NO2/c13-11(14)12-5-4-8-6-7-2-1-3-9(7)10(8)12/h7-8H,1-6H2,(H,13,14). The second kappa shape index (κ2) is 2.75. The van der Waals surface area contributed by atoms with Gasteiger partial charge in [0.2, 0.25) is 0 Å². The van der Waals surface area contributed by atoms with Crippen molar-refractivity contribution in [1.82, 2.24) is 4.90 Å². The third-order valence-electron chi connectivity index (χ3n) is 4.00. The van der Waals surface area contributed by atoms with Crippen LogP contribution >= 0.6 is 0 Å². The van der Waals surface area contributed by atoms with Gasteiger partial charge in [-0.3, -0.25) is 4.90 Å². The number of hydrogen-bond acceptors (Lipinski definition) is 1. The van der Waals surface area contributed by atoms with E-state index in [2.05, 4.69) is 0 Å². The van der Waals surface area contributed by atoms with E-state index in [-0.39, 0.29) is 0 Å². The molecule has 0 bridgehead atoms. The monoisotopic (exact) mass is 193 g/mol. The fourth-order valence-electron chi connectivity index (χ4n) is 3.48. The van der Waals surface area contributed by atoms with Crippen molar-refractivity contribution < 1.29 is 9.90 Å². The van der Waals surface area contributed by atoms with Crippen LogP contribution in [-0.2, 0) is 0 Å². The lowest BCUT2D eigenvalue weighted by Crippen LogP contribution is -2.25. The molecule has 1 N–H and O–H groups in total. The van der Waals surface area contributed by atoms with Crippen LogP contribution in [0.2, 0.25) is 0 Å². The molecule has 3 aliphatic rings. The van der Waals surface area contributed by atoms with Gasteiger partial charge in [0.1, 0.15) is 0 Å². The number of fused-ring (bicyclic) bond motifs is 2. The zero-order chi connectivity index (χ0) is 9.71. The summed E-state index contributed by atoms with van der Waals surface area (Å²) in [6.45, 7) is 0.728. The van der Waals surface area contributed by atoms with Gasteiger partial charge in [0.15, 0.2) is 0 Å². The van der Waals surface area contributed by atoms with Gasteiger partial charge in [0, 0.05) is 18.2 Å². The van der Waals surface area contributed by atoms with Gasteiger partial charge in [0.25, 0.3) is 0 Å². The Bertz CT molecular complexity index is 321. The van der Waals surface area contributed by atoms with Crippen molar-refractivity contribution in [3.8, 4) is 0 Å². The lowest BCUT2D eigenvalue weighted by molar-refractivity contribution is 0.163. The number of likely N-dealkylation sites (tertiary alicyclic amines) is 1. The number of allylic oxidation sites excluding steroid dienone is 2. The lowest BCUT2D eigenvalue weighted by atomic mass is 9.99. The predicted molar refractivity (Wildman–Crippen MR) is 51.8 cm³/mol. The van der Waals surface area contributed by atoms with Crippen molar-refractivity contribution in [2.75, 3.05) is 6.54 Å². The SMILES string of the molecule is O=C(O)N1CCC2CC3CCCC3=C21. The Labute approximate surface area is 83.4 Å². The molecule has 2 fully saturated rings. The van der Waals surface area contributed by atoms with Gasteiger partial charge in [-0.05, 0) is 43.6 Å². The van der Waals surface area contributed by atoms with Gasteiger partial charge >= 0.3 is 6.09 Å².